The SMILES string of the molecule is NC(=O)NCC(=O)N1CC(Cc2ccccc2)(C(=O)NCCCc2ncc[nH]2)C1. The second-order valence-electron chi connectivity index (χ2n) is 7.31. The lowest BCUT2D eigenvalue weighted by Gasteiger charge is -2.49. The summed E-state index contributed by atoms with van der Waals surface area (Å²) in [5.41, 5.74) is 5.39. The van der Waals surface area contributed by atoms with E-state index in [0.29, 0.717) is 26.1 Å². The van der Waals surface area contributed by atoms with Crippen molar-refractivity contribution in [2.75, 3.05) is 26.2 Å². The number of rotatable bonds is 9. The molecule has 1 aromatic heterocycles. The van der Waals surface area contributed by atoms with Crippen molar-refractivity contribution in [3.63, 3.8) is 0 Å². The van der Waals surface area contributed by atoms with E-state index in [1.165, 1.54) is 0 Å². The summed E-state index contributed by atoms with van der Waals surface area (Å²) in [6.45, 7) is 0.991. The van der Waals surface area contributed by atoms with Crippen molar-refractivity contribution in [1.29, 1.82) is 0 Å². The van der Waals surface area contributed by atoms with Gasteiger partial charge in [0.2, 0.25) is 11.8 Å². The molecule has 0 bridgehead atoms. The molecule has 1 fully saturated rings. The van der Waals surface area contributed by atoms with Gasteiger partial charge < -0.3 is 26.3 Å². The first-order valence-corrected chi connectivity index (χ1v) is 9.60. The van der Waals surface area contributed by atoms with Crippen LogP contribution in [0.5, 0.6) is 0 Å². The maximum absolute atomic E-state index is 13.0. The van der Waals surface area contributed by atoms with E-state index in [1.807, 2.05) is 30.3 Å². The average molecular weight is 398 g/mol. The molecular weight excluding hydrogens is 372 g/mol. The summed E-state index contributed by atoms with van der Waals surface area (Å²) in [5, 5.41) is 5.30. The fourth-order valence-electron chi connectivity index (χ4n) is 3.54. The van der Waals surface area contributed by atoms with Gasteiger partial charge in [0.05, 0.1) is 12.0 Å². The van der Waals surface area contributed by atoms with Crippen LogP contribution in [0.25, 0.3) is 0 Å². The largest absolute Gasteiger partial charge is 0.355 e. The third-order valence-electron chi connectivity index (χ3n) is 5.05. The van der Waals surface area contributed by atoms with Crippen LogP contribution in [0.1, 0.15) is 17.8 Å². The number of hydrogen-bond donors (Lipinski definition) is 4. The predicted molar refractivity (Wildman–Crippen MR) is 107 cm³/mol. The van der Waals surface area contributed by atoms with Gasteiger partial charge in [0.1, 0.15) is 5.82 Å². The average Bonchev–Trinajstić information content (AvgIpc) is 3.20. The summed E-state index contributed by atoms with van der Waals surface area (Å²) in [6, 6.07) is 9.00. The van der Waals surface area contributed by atoms with Gasteiger partial charge in [-0.2, -0.15) is 0 Å². The summed E-state index contributed by atoms with van der Waals surface area (Å²) >= 11 is 0. The van der Waals surface area contributed by atoms with Gasteiger partial charge in [-0.1, -0.05) is 30.3 Å². The molecule has 29 heavy (non-hydrogen) atoms. The molecule has 1 saturated heterocycles. The highest BCUT2D eigenvalue weighted by atomic mass is 16.2. The monoisotopic (exact) mass is 398 g/mol. The Labute approximate surface area is 169 Å². The third kappa shape index (κ3) is 5.34. The number of carbonyl (C=O) groups is 3. The van der Waals surface area contributed by atoms with Crippen molar-refractivity contribution in [2.24, 2.45) is 11.1 Å². The number of aryl methyl sites for hydroxylation is 1. The Morgan fingerprint density at radius 2 is 1.93 bits per heavy atom. The summed E-state index contributed by atoms with van der Waals surface area (Å²) in [5.74, 6) is 0.575. The number of aromatic amines is 1. The Bertz CT molecular complexity index is 831. The lowest BCUT2D eigenvalue weighted by atomic mass is 9.73. The van der Waals surface area contributed by atoms with Gasteiger partial charge in [0, 0.05) is 38.4 Å². The number of imidazole rings is 1. The van der Waals surface area contributed by atoms with E-state index >= 15 is 0 Å². The molecule has 1 aromatic carbocycles. The van der Waals surface area contributed by atoms with Gasteiger partial charge in [-0.3, -0.25) is 9.59 Å². The highest BCUT2D eigenvalue weighted by molar-refractivity contribution is 5.89. The molecule has 1 aliphatic heterocycles. The standard InChI is InChI=1S/C20H26N6O3/c21-19(29)25-12-17(27)26-13-20(14-26,11-15-5-2-1-3-6-15)18(28)24-8-4-7-16-22-9-10-23-16/h1-3,5-6,9-10H,4,7-8,11-14H2,(H,22,23)(H,24,28)(H3,21,25,29). The maximum Gasteiger partial charge on any atom is 0.312 e. The number of likely N-dealkylation sites (tertiary alicyclic amines) is 1. The van der Waals surface area contributed by atoms with E-state index in [-0.39, 0.29) is 18.4 Å². The smallest absolute Gasteiger partial charge is 0.312 e. The minimum atomic E-state index is -0.747. The van der Waals surface area contributed by atoms with E-state index in [2.05, 4.69) is 20.6 Å². The minimum absolute atomic E-state index is 0.0623. The summed E-state index contributed by atoms with van der Waals surface area (Å²) < 4.78 is 0. The second kappa shape index (κ2) is 9.22. The number of nitrogens with two attached hydrogens (primary N) is 1. The van der Waals surface area contributed by atoms with Crippen LogP contribution in [0.15, 0.2) is 42.7 Å². The van der Waals surface area contributed by atoms with Gasteiger partial charge in [-0.25, -0.2) is 9.78 Å². The van der Waals surface area contributed by atoms with Crippen LogP contribution >= 0.6 is 0 Å². The van der Waals surface area contributed by atoms with Crippen LogP contribution in [0.3, 0.4) is 0 Å². The van der Waals surface area contributed by atoms with E-state index in [1.54, 1.807) is 17.3 Å². The van der Waals surface area contributed by atoms with E-state index < -0.39 is 11.4 Å². The molecule has 0 aliphatic carbocycles. The lowest BCUT2D eigenvalue weighted by Crippen LogP contribution is -2.66. The van der Waals surface area contributed by atoms with E-state index in [0.717, 1.165) is 24.2 Å². The first kappa shape index (κ1) is 20.4. The Balaban J connectivity index is 1.57. The van der Waals surface area contributed by atoms with E-state index in [9.17, 15) is 14.4 Å². The highest BCUT2D eigenvalue weighted by Crippen LogP contribution is 2.34. The van der Waals surface area contributed by atoms with Gasteiger partial charge in [-0.15, -0.1) is 0 Å². The van der Waals surface area contributed by atoms with Crippen molar-refractivity contribution in [3.05, 3.63) is 54.1 Å². The lowest BCUT2D eigenvalue weighted by molar-refractivity contribution is -0.152. The molecule has 3 rings (SSSR count). The Morgan fingerprint density at radius 1 is 1.17 bits per heavy atom. The van der Waals surface area contributed by atoms with Crippen LogP contribution < -0.4 is 16.4 Å². The van der Waals surface area contributed by atoms with Crippen LogP contribution in [-0.2, 0) is 22.4 Å². The quantitative estimate of drug-likeness (QED) is 0.449. The number of primary amides is 1. The maximum atomic E-state index is 13.0. The van der Waals surface area contributed by atoms with Crippen molar-refractivity contribution in [2.45, 2.75) is 19.3 Å². The van der Waals surface area contributed by atoms with Gasteiger partial charge in [0.15, 0.2) is 0 Å². The van der Waals surface area contributed by atoms with Crippen LogP contribution in [0.4, 0.5) is 4.79 Å². The molecule has 0 unspecified atom stereocenters. The van der Waals surface area contributed by atoms with Crippen molar-refractivity contribution < 1.29 is 14.4 Å². The summed E-state index contributed by atoms with van der Waals surface area (Å²) in [7, 11) is 0. The second-order valence-corrected chi connectivity index (χ2v) is 7.31. The molecule has 1 aliphatic rings. The minimum Gasteiger partial charge on any atom is -0.355 e. The number of nitrogens with zero attached hydrogens (tertiary/aromatic N) is 2. The van der Waals surface area contributed by atoms with Crippen molar-refractivity contribution >= 4 is 17.8 Å². The predicted octanol–water partition coefficient (Wildman–Crippen LogP) is 0.198. The third-order valence-corrected chi connectivity index (χ3v) is 5.05. The number of H-pyrrole nitrogens is 1. The number of urea groups is 1. The van der Waals surface area contributed by atoms with Gasteiger partial charge in [-0.05, 0) is 18.4 Å². The van der Waals surface area contributed by atoms with E-state index in [4.69, 9.17) is 5.73 Å². The zero-order valence-electron chi connectivity index (χ0n) is 16.2. The molecule has 154 valence electrons. The van der Waals surface area contributed by atoms with Gasteiger partial charge >= 0.3 is 6.03 Å². The summed E-state index contributed by atoms with van der Waals surface area (Å²) in [4.78, 5) is 44.8. The number of carbonyl (C=O) groups excluding carboxylic acids is 3. The topological polar surface area (TPSA) is 133 Å². The molecule has 9 nitrogen and oxygen atoms in total. The normalized spacial score (nSPS) is 14.7. The number of amides is 4. The molecular formula is C20H26N6O3. The van der Waals surface area contributed by atoms with Crippen LogP contribution in [-0.4, -0.2) is 58.9 Å². The number of nitrogens with one attached hydrogen (secondary N) is 3. The molecule has 2 aromatic rings. The van der Waals surface area contributed by atoms with Crippen LogP contribution in [0.2, 0.25) is 0 Å². The fraction of sp³-hybridized carbons (Fsp3) is 0.400. The number of benzene rings is 1. The molecule has 0 saturated carbocycles. The fourth-order valence-corrected chi connectivity index (χ4v) is 3.54. The molecule has 0 atom stereocenters. The Hall–Kier alpha value is -3.36. The zero-order chi connectivity index (χ0) is 20.7. The zero-order valence-corrected chi connectivity index (χ0v) is 16.2. The molecule has 0 radical (unpaired) electrons. The first-order chi connectivity index (χ1) is 14.0. The van der Waals surface area contributed by atoms with Crippen molar-refractivity contribution in [3.8, 4) is 0 Å². The summed E-state index contributed by atoms with van der Waals surface area (Å²) in [6.07, 6.45) is 5.55. The molecule has 5 N–H and O–H groups in total. The highest BCUT2D eigenvalue weighted by Gasteiger charge is 2.50. The number of hydrogen-bond acceptors (Lipinski definition) is 4. The molecule has 9 heteroatoms. The van der Waals surface area contributed by atoms with Crippen LogP contribution in [0, 0.1) is 5.41 Å². The van der Waals surface area contributed by atoms with Crippen molar-refractivity contribution in [1.82, 2.24) is 25.5 Å². The Kier molecular flexibility index (Phi) is 6.48. The van der Waals surface area contributed by atoms with Gasteiger partial charge in [0.25, 0.3) is 0 Å². The molecule has 0 spiro atoms. The molecule has 4 amide bonds. The first-order valence-electron chi connectivity index (χ1n) is 9.60. The number of aromatic nitrogens is 2. The Morgan fingerprint density at radius 3 is 2.59 bits per heavy atom. The molecule has 2 heterocycles.